The van der Waals surface area contributed by atoms with Gasteiger partial charge in [0.25, 0.3) is 0 Å². The average Bonchev–Trinajstić information content (AvgIpc) is 2.73. The molecule has 0 aliphatic heterocycles. The van der Waals surface area contributed by atoms with Gasteiger partial charge in [-0.25, -0.2) is 0 Å². The highest BCUT2D eigenvalue weighted by molar-refractivity contribution is 5.99. The minimum Gasteiger partial charge on any atom is -0.507 e. The zero-order valence-electron chi connectivity index (χ0n) is 18.2. The van der Waals surface area contributed by atoms with Crippen LogP contribution in [0.25, 0.3) is 0 Å². The van der Waals surface area contributed by atoms with Gasteiger partial charge in [-0.2, -0.15) is 13.2 Å². The predicted octanol–water partition coefficient (Wildman–Crippen LogP) is 7.88. The molecule has 0 atom stereocenters. The van der Waals surface area contributed by atoms with Gasteiger partial charge in [0.15, 0.2) is 5.78 Å². The molecular weight excluding hydrogens is 389 g/mol. The van der Waals surface area contributed by atoms with Crippen molar-refractivity contribution in [3.8, 4) is 5.75 Å². The van der Waals surface area contributed by atoms with Crippen LogP contribution in [0.2, 0.25) is 0 Å². The van der Waals surface area contributed by atoms with Gasteiger partial charge in [-0.1, -0.05) is 45.6 Å². The second-order valence-electron chi connectivity index (χ2n) is 9.38. The van der Waals surface area contributed by atoms with E-state index in [1.165, 1.54) is 50.7 Å². The van der Waals surface area contributed by atoms with Gasteiger partial charge in [0.1, 0.15) is 11.3 Å². The molecule has 0 spiro atoms. The molecule has 2 aliphatic carbocycles. The molecule has 0 unspecified atom stereocenters. The third-order valence-corrected chi connectivity index (χ3v) is 7.58. The fraction of sp³-hybridized carbons (Fsp3) is 0.720. The molecule has 2 fully saturated rings. The lowest BCUT2D eigenvalue weighted by Gasteiger charge is -2.38. The summed E-state index contributed by atoms with van der Waals surface area (Å²) in [4.78, 5) is 12.0. The van der Waals surface area contributed by atoms with Crippen molar-refractivity contribution < 1.29 is 23.1 Å². The van der Waals surface area contributed by atoms with E-state index in [1.807, 2.05) is 0 Å². The number of hydrogen-bond acceptors (Lipinski definition) is 2. The number of Topliss-reactive ketones (excluding diaryl/α,β-unsaturated/α-hetero) is 1. The highest BCUT2D eigenvalue weighted by Gasteiger charge is 2.41. The van der Waals surface area contributed by atoms with Crippen LogP contribution in [0.4, 0.5) is 13.2 Å². The van der Waals surface area contributed by atoms with Crippen LogP contribution >= 0.6 is 0 Å². The second kappa shape index (κ2) is 9.74. The van der Waals surface area contributed by atoms with E-state index in [4.69, 9.17) is 0 Å². The first kappa shape index (κ1) is 23.1. The Balaban J connectivity index is 1.71. The average molecular weight is 425 g/mol. The fourth-order valence-electron chi connectivity index (χ4n) is 5.92. The number of carbonyl (C=O) groups is 1. The van der Waals surface area contributed by atoms with E-state index in [2.05, 4.69) is 6.92 Å². The lowest BCUT2D eigenvalue weighted by atomic mass is 9.67. The third kappa shape index (κ3) is 5.03. The lowest BCUT2D eigenvalue weighted by molar-refractivity contribution is -0.139. The Morgan fingerprint density at radius 1 is 0.967 bits per heavy atom. The van der Waals surface area contributed by atoms with Crippen LogP contribution in [0.3, 0.4) is 0 Å². The molecule has 0 radical (unpaired) electrons. The lowest BCUT2D eigenvalue weighted by Crippen LogP contribution is -2.26. The molecule has 1 N–H and O–H groups in total. The number of carbonyl (C=O) groups excluding carboxylic acids is 1. The summed E-state index contributed by atoms with van der Waals surface area (Å²) in [6.07, 6.45) is 6.47. The Bertz CT molecular complexity index is 725. The maximum Gasteiger partial charge on any atom is 0.420 e. The largest absolute Gasteiger partial charge is 0.507 e. The number of alkyl halides is 3. The van der Waals surface area contributed by atoms with Crippen LogP contribution in [0.5, 0.6) is 5.75 Å². The van der Waals surface area contributed by atoms with Crippen molar-refractivity contribution in [1.82, 2.24) is 0 Å². The molecule has 30 heavy (non-hydrogen) atoms. The minimum absolute atomic E-state index is 0.0653. The van der Waals surface area contributed by atoms with Crippen molar-refractivity contribution in [2.75, 3.05) is 0 Å². The van der Waals surface area contributed by atoms with Crippen molar-refractivity contribution in [2.45, 2.75) is 96.6 Å². The second-order valence-corrected chi connectivity index (χ2v) is 9.38. The SMILES string of the molecule is CCCC1CCC(C2CCC(c3ccc(C(=O)CC)c(O)c3C(F)(F)F)CC2)CC1. The van der Waals surface area contributed by atoms with E-state index >= 15 is 0 Å². The van der Waals surface area contributed by atoms with Gasteiger partial charge in [0.05, 0.1) is 5.56 Å². The number of halogens is 3. The van der Waals surface area contributed by atoms with E-state index in [9.17, 15) is 23.1 Å². The van der Waals surface area contributed by atoms with Crippen molar-refractivity contribution in [1.29, 1.82) is 0 Å². The summed E-state index contributed by atoms with van der Waals surface area (Å²) in [6.45, 7) is 3.82. The Kier molecular flexibility index (Phi) is 7.52. The summed E-state index contributed by atoms with van der Waals surface area (Å²) in [6, 6.07) is 2.82. The Hall–Kier alpha value is -1.52. The summed E-state index contributed by atoms with van der Waals surface area (Å²) < 4.78 is 41.4. The maximum absolute atomic E-state index is 13.8. The molecule has 3 rings (SSSR count). The van der Waals surface area contributed by atoms with Gasteiger partial charge >= 0.3 is 6.18 Å². The molecule has 0 aromatic heterocycles. The molecule has 0 heterocycles. The topological polar surface area (TPSA) is 37.3 Å². The van der Waals surface area contributed by atoms with Crippen LogP contribution in [0, 0.1) is 17.8 Å². The monoisotopic (exact) mass is 424 g/mol. The Labute approximate surface area is 178 Å². The molecule has 2 aliphatic rings. The first-order chi connectivity index (χ1) is 14.3. The first-order valence-electron chi connectivity index (χ1n) is 11.7. The summed E-state index contributed by atoms with van der Waals surface area (Å²) in [5, 5.41) is 10.3. The number of hydrogen-bond donors (Lipinski definition) is 1. The molecule has 1 aromatic carbocycles. The number of benzene rings is 1. The minimum atomic E-state index is -4.67. The smallest absolute Gasteiger partial charge is 0.420 e. The molecule has 0 amide bonds. The molecular formula is C25H35F3O2. The van der Waals surface area contributed by atoms with Crippen LogP contribution in [-0.2, 0) is 6.18 Å². The maximum atomic E-state index is 13.8. The first-order valence-corrected chi connectivity index (χ1v) is 11.7. The molecule has 168 valence electrons. The fourth-order valence-corrected chi connectivity index (χ4v) is 5.92. The molecule has 2 saturated carbocycles. The van der Waals surface area contributed by atoms with Crippen molar-refractivity contribution in [3.05, 3.63) is 28.8 Å². The number of phenols is 1. The normalized spacial score (nSPS) is 27.8. The molecule has 0 saturated heterocycles. The summed E-state index contributed by atoms with van der Waals surface area (Å²) >= 11 is 0. The Morgan fingerprint density at radius 2 is 1.53 bits per heavy atom. The van der Waals surface area contributed by atoms with E-state index in [0.717, 1.165) is 37.5 Å². The van der Waals surface area contributed by atoms with Crippen LogP contribution in [0.1, 0.15) is 112 Å². The highest BCUT2D eigenvalue weighted by Crippen LogP contribution is 2.49. The molecule has 5 heteroatoms. The van der Waals surface area contributed by atoms with Crippen molar-refractivity contribution >= 4 is 5.78 Å². The summed E-state index contributed by atoms with van der Waals surface area (Å²) in [5.41, 5.74) is -1.05. The number of phenolic OH excluding ortho intramolecular Hbond substituents is 1. The van der Waals surface area contributed by atoms with Crippen LogP contribution in [-0.4, -0.2) is 10.9 Å². The van der Waals surface area contributed by atoms with Gasteiger partial charge in [-0.15, -0.1) is 0 Å². The number of aromatic hydroxyl groups is 1. The summed E-state index contributed by atoms with van der Waals surface area (Å²) in [7, 11) is 0. The van der Waals surface area contributed by atoms with Gasteiger partial charge in [-0.05, 0) is 73.8 Å². The molecule has 1 aromatic rings. The predicted molar refractivity (Wildman–Crippen MR) is 113 cm³/mol. The van der Waals surface area contributed by atoms with E-state index in [1.54, 1.807) is 6.92 Å². The quantitative estimate of drug-likeness (QED) is 0.472. The van der Waals surface area contributed by atoms with Crippen LogP contribution < -0.4 is 0 Å². The number of ketones is 1. The standard InChI is InChI=1S/C25H35F3O2/c1-3-5-16-6-8-17(9-7-16)18-10-12-19(13-11-18)20-14-15-21(22(29)4-2)24(30)23(20)25(26,27)28/h14-19,30H,3-13H2,1-2H3. The van der Waals surface area contributed by atoms with Gasteiger partial charge in [-0.3, -0.25) is 4.79 Å². The molecule has 0 bridgehead atoms. The van der Waals surface area contributed by atoms with Gasteiger partial charge in [0, 0.05) is 6.42 Å². The van der Waals surface area contributed by atoms with Gasteiger partial charge < -0.3 is 5.11 Å². The van der Waals surface area contributed by atoms with E-state index in [0.29, 0.717) is 5.92 Å². The molecule has 2 nitrogen and oxygen atoms in total. The van der Waals surface area contributed by atoms with Crippen molar-refractivity contribution in [2.24, 2.45) is 17.8 Å². The Morgan fingerprint density at radius 3 is 2.03 bits per heavy atom. The highest BCUT2D eigenvalue weighted by atomic mass is 19.4. The number of rotatable bonds is 6. The van der Waals surface area contributed by atoms with Crippen LogP contribution in [0.15, 0.2) is 12.1 Å². The third-order valence-electron chi connectivity index (χ3n) is 7.58. The van der Waals surface area contributed by atoms with Crippen molar-refractivity contribution in [3.63, 3.8) is 0 Å². The van der Waals surface area contributed by atoms with E-state index in [-0.39, 0.29) is 23.5 Å². The zero-order chi connectivity index (χ0) is 21.9. The summed E-state index contributed by atoms with van der Waals surface area (Å²) in [5.74, 6) is 0.650. The zero-order valence-corrected chi connectivity index (χ0v) is 18.2. The van der Waals surface area contributed by atoms with E-state index < -0.39 is 23.3 Å². The van der Waals surface area contributed by atoms with Gasteiger partial charge in [0.2, 0.25) is 0 Å².